The molecule has 2 aromatic carbocycles. The first-order valence-corrected chi connectivity index (χ1v) is 7.34. The third-order valence-corrected chi connectivity index (χ3v) is 3.71. The van der Waals surface area contributed by atoms with E-state index in [2.05, 4.69) is 20.9 Å². The van der Waals surface area contributed by atoms with Crippen LogP contribution in [0.2, 0.25) is 0 Å². The molecule has 0 spiro atoms. The van der Waals surface area contributed by atoms with Crippen molar-refractivity contribution in [2.45, 2.75) is 0 Å². The molecule has 0 saturated carbocycles. The summed E-state index contributed by atoms with van der Waals surface area (Å²) in [5.41, 5.74) is 2.62. The maximum absolute atomic E-state index is 12.1. The number of fused-ring (bicyclic) bond motifs is 1. The average molecular weight is 338 g/mol. The number of carbonyl (C=O) groups is 1. The molecular formula is C18H12BrNO. The van der Waals surface area contributed by atoms with Crippen LogP contribution < -0.4 is 0 Å². The fraction of sp³-hybridized carbons (Fsp3) is 0. The Kier molecular flexibility index (Phi) is 3.93. The van der Waals surface area contributed by atoms with Gasteiger partial charge in [-0.3, -0.25) is 9.78 Å². The van der Waals surface area contributed by atoms with E-state index in [1.165, 1.54) is 0 Å². The van der Waals surface area contributed by atoms with E-state index in [0.29, 0.717) is 5.56 Å². The Morgan fingerprint density at radius 3 is 2.67 bits per heavy atom. The molecule has 0 N–H and O–H groups in total. The van der Waals surface area contributed by atoms with Gasteiger partial charge in [-0.25, -0.2) is 0 Å². The Labute approximate surface area is 131 Å². The molecule has 3 aromatic rings. The van der Waals surface area contributed by atoms with E-state index < -0.39 is 0 Å². The van der Waals surface area contributed by atoms with Crippen LogP contribution in [0.4, 0.5) is 0 Å². The van der Waals surface area contributed by atoms with Crippen LogP contribution in [0.3, 0.4) is 0 Å². The van der Waals surface area contributed by atoms with E-state index in [9.17, 15) is 4.79 Å². The minimum atomic E-state index is -0.00576. The van der Waals surface area contributed by atoms with Crippen LogP contribution in [-0.4, -0.2) is 10.8 Å². The summed E-state index contributed by atoms with van der Waals surface area (Å²) in [5, 5.41) is 1.07. The van der Waals surface area contributed by atoms with Gasteiger partial charge in [-0.2, -0.15) is 0 Å². The Balaban J connectivity index is 1.83. The zero-order valence-corrected chi connectivity index (χ0v) is 12.7. The zero-order chi connectivity index (χ0) is 14.7. The fourth-order valence-corrected chi connectivity index (χ4v) is 2.34. The van der Waals surface area contributed by atoms with Gasteiger partial charge in [0.1, 0.15) is 0 Å². The minimum Gasteiger partial charge on any atom is -0.289 e. The topological polar surface area (TPSA) is 30.0 Å². The number of aromatic nitrogens is 1. The van der Waals surface area contributed by atoms with Crippen molar-refractivity contribution < 1.29 is 4.79 Å². The summed E-state index contributed by atoms with van der Waals surface area (Å²) in [6, 6.07) is 17.2. The molecule has 2 nitrogen and oxygen atoms in total. The Bertz CT molecular complexity index is 822. The highest BCUT2D eigenvalue weighted by molar-refractivity contribution is 9.10. The summed E-state index contributed by atoms with van der Waals surface area (Å²) in [6.07, 6.45) is 5.20. The van der Waals surface area contributed by atoms with Crippen LogP contribution in [0.5, 0.6) is 0 Å². The predicted molar refractivity (Wildman–Crippen MR) is 89.2 cm³/mol. The molecule has 0 aliphatic rings. The molecule has 0 radical (unpaired) electrons. The average Bonchev–Trinajstić information content (AvgIpc) is 2.53. The van der Waals surface area contributed by atoms with Gasteiger partial charge in [-0.15, -0.1) is 0 Å². The number of carbonyl (C=O) groups excluding carboxylic acids is 1. The summed E-state index contributed by atoms with van der Waals surface area (Å²) < 4.78 is 0.963. The van der Waals surface area contributed by atoms with Crippen LogP contribution in [0.15, 0.2) is 71.3 Å². The van der Waals surface area contributed by atoms with E-state index in [1.54, 1.807) is 24.4 Å². The van der Waals surface area contributed by atoms with Gasteiger partial charge < -0.3 is 0 Å². The van der Waals surface area contributed by atoms with Crippen LogP contribution in [0, 0.1) is 0 Å². The standard InChI is InChI=1S/C18H12BrNO/c19-16-7-5-14(6-8-16)18(21)10-4-13-3-9-17-15(12-13)2-1-11-20-17/h1-12H/b10-4+. The number of ketones is 1. The molecule has 0 saturated heterocycles. The zero-order valence-electron chi connectivity index (χ0n) is 11.2. The van der Waals surface area contributed by atoms with Crippen molar-refractivity contribution in [2.75, 3.05) is 0 Å². The number of rotatable bonds is 3. The molecule has 0 atom stereocenters. The van der Waals surface area contributed by atoms with Crippen molar-refractivity contribution in [2.24, 2.45) is 0 Å². The highest BCUT2D eigenvalue weighted by atomic mass is 79.9. The normalized spacial score (nSPS) is 11.1. The van der Waals surface area contributed by atoms with Crippen molar-refractivity contribution in [1.29, 1.82) is 0 Å². The van der Waals surface area contributed by atoms with E-state index in [-0.39, 0.29) is 5.78 Å². The van der Waals surface area contributed by atoms with Gasteiger partial charge in [-0.1, -0.05) is 34.1 Å². The molecule has 0 aliphatic heterocycles. The Morgan fingerprint density at radius 2 is 1.86 bits per heavy atom. The van der Waals surface area contributed by atoms with Crippen molar-refractivity contribution >= 4 is 38.7 Å². The lowest BCUT2D eigenvalue weighted by Gasteiger charge is -1.99. The van der Waals surface area contributed by atoms with Crippen LogP contribution in [-0.2, 0) is 0 Å². The van der Waals surface area contributed by atoms with Gasteiger partial charge in [0.2, 0.25) is 0 Å². The summed E-state index contributed by atoms with van der Waals surface area (Å²) >= 11 is 3.36. The second-order valence-corrected chi connectivity index (χ2v) is 5.58. The smallest absolute Gasteiger partial charge is 0.185 e. The SMILES string of the molecule is O=C(/C=C/c1ccc2ncccc2c1)c1ccc(Br)cc1. The molecule has 1 aromatic heterocycles. The number of halogens is 1. The minimum absolute atomic E-state index is 0.00576. The van der Waals surface area contributed by atoms with Gasteiger partial charge in [0.25, 0.3) is 0 Å². The summed E-state index contributed by atoms with van der Waals surface area (Å²) in [4.78, 5) is 16.4. The lowest BCUT2D eigenvalue weighted by molar-refractivity contribution is 0.104. The van der Waals surface area contributed by atoms with Crippen LogP contribution in [0.25, 0.3) is 17.0 Å². The lowest BCUT2D eigenvalue weighted by Crippen LogP contribution is -1.93. The van der Waals surface area contributed by atoms with Crippen molar-refractivity contribution in [3.63, 3.8) is 0 Å². The van der Waals surface area contributed by atoms with Gasteiger partial charge in [0.15, 0.2) is 5.78 Å². The van der Waals surface area contributed by atoms with Crippen LogP contribution >= 0.6 is 15.9 Å². The second kappa shape index (κ2) is 6.02. The summed E-state index contributed by atoms with van der Waals surface area (Å²) in [5.74, 6) is -0.00576. The summed E-state index contributed by atoms with van der Waals surface area (Å²) in [6.45, 7) is 0. The first-order valence-electron chi connectivity index (χ1n) is 6.55. The van der Waals surface area contributed by atoms with E-state index >= 15 is 0 Å². The molecule has 1 heterocycles. The molecule has 3 heteroatoms. The first-order chi connectivity index (χ1) is 10.2. The number of hydrogen-bond acceptors (Lipinski definition) is 2. The monoisotopic (exact) mass is 337 g/mol. The van der Waals surface area contributed by atoms with Gasteiger partial charge in [0, 0.05) is 21.6 Å². The van der Waals surface area contributed by atoms with Crippen molar-refractivity contribution in [1.82, 2.24) is 4.98 Å². The maximum atomic E-state index is 12.1. The van der Waals surface area contributed by atoms with E-state index in [4.69, 9.17) is 0 Å². The molecule has 102 valence electrons. The van der Waals surface area contributed by atoms with Crippen molar-refractivity contribution in [3.05, 3.63) is 82.5 Å². The first kappa shape index (κ1) is 13.7. The second-order valence-electron chi connectivity index (χ2n) is 4.66. The number of benzene rings is 2. The Hall–Kier alpha value is -2.26. The molecule has 0 fully saturated rings. The molecule has 3 rings (SSSR count). The fourth-order valence-electron chi connectivity index (χ4n) is 2.08. The third-order valence-electron chi connectivity index (χ3n) is 3.18. The highest BCUT2D eigenvalue weighted by Crippen LogP contribution is 2.15. The molecule has 0 amide bonds. The van der Waals surface area contributed by atoms with Crippen molar-refractivity contribution in [3.8, 4) is 0 Å². The highest BCUT2D eigenvalue weighted by Gasteiger charge is 2.01. The molecule has 0 aliphatic carbocycles. The molecular weight excluding hydrogens is 326 g/mol. The molecule has 0 unspecified atom stereocenters. The Morgan fingerprint density at radius 1 is 1.05 bits per heavy atom. The van der Waals surface area contributed by atoms with Crippen LogP contribution in [0.1, 0.15) is 15.9 Å². The van der Waals surface area contributed by atoms with Gasteiger partial charge in [0.05, 0.1) is 5.52 Å². The maximum Gasteiger partial charge on any atom is 0.185 e. The van der Waals surface area contributed by atoms with Gasteiger partial charge in [-0.05, 0) is 54.1 Å². The van der Waals surface area contributed by atoms with Gasteiger partial charge >= 0.3 is 0 Å². The molecule has 0 bridgehead atoms. The number of pyridine rings is 1. The summed E-state index contributed by atoms with van der Waals surface area (Å²) in [7, 11) is 0. The van der Waals surface area contributed by atoms with E-state index in [0.717, 1.165) is 20.9 Å². The molecule has 21 heavy (non-hydrogen) atoms. The number of allylic oxidation sites excluding steroid dienone is 1. The number of hydrogen-bond donors (Lipinski definition) is 0. The quantitative estimate of drug-likeness (QED) is 0.503. The lowest BCUT2D eigenvalue weighted by atomic mass is 10.1. The predicted octanol–water partition coefficient (Wildman–Crippen LogP) is 4.89. The largest absolute Gasteiger partial charge is 0.289 e. The number of nitrogens with zero attached hydrogens (tertiary/aromatic N) is 1. The van der Waals surface area contributed by atoms with E-state index in [1.807, 2.05) is 48.5 Å². The third kappa shape index (κ3) is 3.26.